The van der Waals surface area contributed by atoms with Gasteiger partial charge in [0.1, 0.15) is 0 Å². The summed E-state index contributed by atoms with van der Waals surface area (Å²) in [5, 5.41) is 8.79. The number of aliphatic hydroxyl groups is 1. The molecule has 0 aliphatic heterocycles. The molecule has 0 bridgehead atoms. The minimum absolute atomic E-state index is 0.437. The Bertz CT molecular complexity index is 345. The molecule has 0 amide bonds. The highest BCUT2D eigenvalue weighted by Crippen LogP contribution is 2.61. The van der Waals surface area contributed by atoms with Gasteiger partial charge in [-0.1, -0.05) is 31.2 Å². The summed E-state index contributed by atoms with van der Waals surface area (Å²) in [6.07, 6.45) is 0.908. The highest BCUT2D eigenvalue weighted by atomic mass is 19.3. The number of benzene rings is 1. The molecule has 82 valence electrons. The Balaban J connectivity index is 2.18. The highest BCUT2D eigenvalue weighted by molar-refractivity contribution is 5.34. The molecule has 1 nitrogen and oxygen atoms in total. The third kappa shape index (κ3) is 1.65. The lowest BCUT2D eigenvalue weighted by atomic mass is 10.1. The van der Waals surface area contributed by atoms with E-state index in [-0.39, 0.29) is 0 Å². The Morgan fingerprint density at radius 3 is 2.27 bits per heavy atom. The molecule has 0 radical (unpaired) electrons. The van der Waals surface area contributed by atoms with E-state index in [9.17, 15) is 8.78 Å². The molecule has 0 saturated heterocycles. The largest absolute Gasteiger partial charge is 0.396 e. The summed E-state index contributed by atoms with van der Waals surface area (Å²) in [7, 11) is 0. The van der Waals surface area contributed by atoms with Crippen molar-refractivity contribution in [3.63, 3.8) is 0 Å². The molecule has 1 N–H and O–H groups in total. The lowest BCUT2D eigenvalue weighted by Gasteiger charge is -2.00. The zero-order valence-electron chi connectivity index (χ0n) is 8.58. The molecular weight excluding hydrogens is 198 g/mol. The van der Waals surface area contributed by atoms with Crippen LogP contribution in [0, 0.1) is 5.92 Å². The Kier molecular flexibility index (Phi) is 2.51. The minimum Gasteiger partial charge on any atom is -0.396 e. The molecule has 0 spiro atoms. The third-order valence-electron chi connectivity index (χ3n) is 3.15. The average molecular weight is 212 g/mol. The lowest BCUT2D eigenvalue weighted by molar-refractivity contribution is 0.0785. The first kappa shape index (κ1) is 10.6. The van der Waals surface area contributed by atoms with E-state index in [2.05, 4.69) is 0 Å². The zero-order chi connectivity index (χ0) is 11.1. The molecule has 1 aromatic carbocycles. The Morgan fingerprint density at radius 2 is 1.87 bits per heavy atom. The van der Waals surface area contributed by atoms with E-state index < -0.39 is 24.4 Å². The van der Waals surface area contributed by atoms with Crippen LogP contribution in [0.3, 0.4) is 0 Å². The minimum atomic E-state index is -2.72. The standard InChI is InChI=1S/C12H14F2O/c1-2-8-3-5-9(6-4-8)11-10(7-15)12(11,13)14/h3-6,10-11,15H,2,7H2,1H3/t10-,11-/m1/s1. The lowest BCUT2D eigenvalue weighted by Crippen LogP contribution is -1.97. The van der Waals surface area contributed by atoms with E-state index in [0.717, 1.165) is 12.0 Å². The molecule has 1 fully saturated rings. The van der Waals surface area contributed by atoms with Gasteiger partial charge in [0.15, 0.2) is 0 Å². The smallest absolute Gasteiger partial charge is 0.261 e. The van der Waals surface area contributed by atoms with Gasteiger partial charge in [-0.25, -0.2) is 8.78 Å². The molecule has 1 aliphatic rings. The van der Waals surface area contributed by atoms with Gasteiger partial charge < -0.3 is 5.11 Å². The molecule has 15 heavy (non-hydrogen) atoms. The summed E-state index contributed by atoms with van der Waals surface area (Å²) >= 11 is 0. The van der Waals surface area contributed by atoms with Gasteiger partial charge in [0.05, 0.1) is 18.4 Å². The normalized spacial score (nSPS) is 27.7. The number of aryl methyl sites for hydroxylation is 1. The summed E-state index contributed by atoms with van der Waals surface area (Å²) in [4.78, 5) is 0. The van der Waals surface area contributed by atoms with Crippen molar-refractivity contribution in [2.24, 2.45) is 5.92 Å². The molecular formula is C12H14F2O. The maximum Gasteiger partial charge on any atom is 0.261 e. The van der Waals surface area contributed by atoms with Crippen LogP contribution in [0.15, 0.2) is 24.3 Å². The van der Waals surface area contributed by atoms with Gasteiger partial charge in [0.2, 0.25) is 0 Å². The first-order chi connectivity index (χ1) is 7.11. The van der Waals surface area contributed by atoms with E-state index in [1.165, 1.54) is 0 Å². The fourth-order valence-electron chi connectivity index (χ4n) is 2.03. The van der Waals surface area contributed by atoms with Crippen molar-refractivity contribution in [2.75, 3.05) is 6.61 Å². The highest BCUT2D eigenvalue weighted by Gasteiger charge is 2.68. The van der Waals surface area contributed by atoms with Crippen LogP contribution in [0.5, 0.6) is 0 Å². The first-order valence-electron chi connectivity index (χ1n) is 5.18. The van der Waals surface area contributed by atoms with Crippen molar-refractivity contribution in [3.8, 4) is 0 Å². The van der Waals surface area contributed by atoms with Gasteiger partial charge in [0, 0.05) is 0 Å². The second kappa shape index (κ2) is 3.56. The van der Waals surface area contributed by atoms with Crippen molar-refractivity contribution in [1.29, 1.82) is 0 Å². The summed E-state index contributed by atoms with van der Waals surface area (Å²) < 4.78 is 26.3. The molecule has 2 rings (SSSR count). The maximum absolute atomic E-state index is 13.2. The van der Waals surface area contributed by atoms with E-state index in [1.807, 2.05) is 19.1 Å². The van der Waals surface area contributed by atoms with E-state index >= 15 is 0 Å². The number of hydrogen-bond donors (Lipinski definition) is 1. The van der Waals surface area contributed by atoms with Crippen molar-refractivity contribution in [1.82, 2.24) is 0 Å². The van der Waals surface area contributed by atoms with Crippen LogP contribution in [-0.4, -0.2) is 17.6 Å². The molecule has 1 aliphatic carbocycles. The van der Waals surface area contributed by atoms with Crippen molar-refractivity contribution in [2.45, 2.75) is 25.2 Å². The Hall–Kier alpha value is -0.960. The molecule has 0 heterocycles. The third-order valence-corrected chi connectivity index (χ3v) is 3.15. The zero-order valence-corrected chi connectivity index (χ0v) is 8.58. The van der Waals surface area contributed by atoms with Crippen molar-refractivity contribution >= 4 is 0 Å². The summed E-state index contributed by atoms with van der Waals surface area (Å²) in [5.41, 5.74) is 1.78. The van der Waals surface area contributed by atoms with Gasteiger partial charge in [0.25, 0.3) is 5.92 Å². The van der Waals surface area contributed by atoms with E-state index in [4.69, 9.17) is 5.11 Å². The SMILES string of the molecule is CCc1ccc([C@@H]2[C@@H](CO)C2(F)F)cc1. The number of aliphatic hydroxyl groups excluding tert-OH is 1. The number of halogens is 2. The van der Waals surface area contributed by atoms with Gasteiger partial charge in [-0.15, -0.1) is 0 Å². The molecule has 3 heteroatoms. The topological polar surface area (TPSA) is 20.2 Å². The van der Waals surface area contributed by atoms with Crippen LogP contribution >= 0.6 is 0 Å². The predicted octanol–water partition coefficient (Wildman–Crippen LogP) is 2.59. The number of rotatable bonds is 3. The van der Waals surface area contributed by atoms with E-state index in [0.29, 0.717) is 5.56 Å². The van der Waals surface area contributed by atoms with Crippen LogP contribution in [0.2, 0.25) is 0 Å². The summed E-state index contributed by atoms with van der Waals surface area (Å²) in [5.74, 6) is -4.39. The molecule has 1 saturated carbocycles. The molecule has 0 unspecified atom stereocenters. The average Bonchev–Trinajstić information content (AvgIpc) is 2.80. The molecule has 0 aromatic heterocycles. The summed E-state index contributed by atoms with van der Waals surface area (Å²) in [6.45, 7) is 1.59. The second-order valence-corrected chi connectivity index (χ2v) is 4.04. The van der Waals surface area contributed by atoms with Crippen molar-refractivity contribution in [3.05, 3.63) is 35.4 Å². The fraction of sp³-hybridized carbons (Fsp3) is 0.500. The van der Waals surface area contributed by atoms with Crippen LogP contribution in [0.1, 0.15) is 24.0 Å². The monoisotopic (exact) mass is 212 g/mol. The number of hydrogen-bond acceptors (Lipinski definition) is 1. The van der Waals surface area contributed by atoms with Crippen LogP contribution in [-0.2, 0) is 6.42 Å². The van der Waals surface area contributed by atoms with Crippen molar-refractivity contribution < 1.29 is 13.9 Å². The van der Waals surface area contributed by atoms with Gasteiger partial charge >= 0.3 is 0 Å². The van der Waals surface area contributed by atoms with Gasteiger partial charge in [-0.2, -0.15) is 0 Å². The quantitative estimate of drug-likeness (QED) is 0.816. The first-order valence-corrected chi connectivity index (χ1v) is 5.18. The molecule has 2 atom stereocenters. The second-order valence-electron chi connectivity index (χ2n) is 4.04. The predicted molar refractivity (Wildman–Crippen MR) is 54.1 cm³/mol. The van der Waals surface area contributed by atoms with Gasteiger partial charge in [-0.05, 0) is 17.5 Å². The summed E-state index contributed by atoms with van der Waals surface area (Å²) in [6, 6.07) is 7.23. The molecule has 1 aromatic rings. The van der Waals surface area contributed by atoms with Gasteiger partial charge in [-0.3, -0.25) is 0 Å². The number of alkyl halides is 2. The Morgan fingerprint density at radius 1 is 1.27 bits per heavy atom. The van der Waals surface area contributed by atoms with Crippen LogP contribution in [0.4, 0.5) is 8.78 Å². The maximum atomic E-state index is 13.2. The van der Waals surface area contributed by atoms with Crippen LogP contribution in [0.25, 0.3) is 0 Å². The Labute approximate surface area is 87.7 Å². The van der Waals surface area contributed by atoms with E-state index in [1.54, 1.807) is 12.1 Å². The fourth-order valence-corrected chi connectivity index (χ4v) is 2.03. The van der Waals surface area contributed by atoms with Crippen LogP contribution < -0.4 is 0 Å².